The molecule has 0 aromatic heterocycles. The Kier molecular flexibility index (Phi) is 7.20. The summed E-state index contributed by atoms with van der Waals surface area (Å²) in [7, 11) is 0. The molecule has 0 fully saturated rings. The van der Waals surface area contributed by atoms with Crippen LogP contribution in [-0.4, -0.2) is 18.5 Å². The molecule has 2 aromatic rings. The van der Waals surface area contributed by atoms with Gasteiger partial charge in [0.15, 0.2) is 0 Å². The van der Waals surface area contributed by atoms with Crippen molar-refractivity contribution in [3.63, 3.8) is 0 Å². The SMILES string of the molecule is CCCOC(=O)c1cccc(NC(=O)CCCc2ccc(C)cc2)c1. The zero-order valence-corrected chi connectivity index (χ0v) is 14.9. The zero-order valence-electron chi connectivity index (χ0n) is 14.9. The Labute approximate surface area is 149 Å². The van der Waals surface area contributed by atoms with Crippen LogP contribution in [-0.2, 0) is 16.0 Å². The summed E-state index contributed by atoms with van der Waals surface area (Å²) in [6.07, 6.45) is 2.88. The average Bonchev–Trinajstić information content (AvgIpc) is 2.61. The van der Waals surface area contributed by atoms with Crippen LogP contribution < -0.4 is 5.32 Å². The van der Waals surface area contributed by atoms with Gasteiger partial charge < -0.3 is 10.1 Å². The van der Waals surface area contributed by atoms with Gasteiger partial charge in [0.2, 0.25) is 5.91 Å². The molecule has 2 rings (SSSR count). The Morgan fingerprint density at radius 1 is 1.08 bits per heavy atom. The fourth-order valence-corrected chi connectivity index (χ4v) is 2.43. The van der Waals surface area contributed by atoms with Gasteiger partial charge in [-0.15, -0.1) is 0 Å². The van der Waals surface area contributed by atoms with Crippen molar-refractivity contribution in [1.82, 2.24) is 0 Å². The zero-order chi connectivity index (χ0) is 18.1. The molecule has 0 aliphatic heterocycles. The van der Waals surface area contributed by atoms with Crippen molar-refractivity contribution in [3.8, 4) is 0 Å². The molecule has 1 amide bonds. The van der Waals surface area contributed by atoms with Crippen LogP contribution in [0.3, 0.4) is 0 Å². The van der Waals surface area contributed by atoms with Crippen molar-refractivity contribution >= 4 is 17.6 Å². The van der Waals surface area contributed by atoms with Crippen molar-refractivity contribution in [2.24, 2.45) is 0 Å². The molecule has 0 unspecified atom stereocenters. The van der Waals surface area contributed by atoms with Gasteiger partial charge in [0.25, 0.3) is 0 Å². The fourth-order valence-electron chi connectivity index (χ4n) is 2.43. The van der Waals surface area contributed by atoms with Crippen LogP contribution in [0.2, 0.25) is 0 Å². The normalized spacial score (nSPS) is 10.3. The van der Waals surface area contributed by atoms with Crippen molar-refractivity contribution in [1.29, 1.82) is 0 Å². The van der Waals surface area contributed by atoms with E-state index in [1.807, 2.05) is 6.92 Å². The molecule has 4 nitrogen and oxygen atoms in total. The predicted molar refractivity (Wildman–Crippen MR) is 99.8 cm³/mol. The summed E-state index contributed by atoms with van der Waals surface area (Å²) in [5, 5.41) is 2.84. The van der Waals surface area contributed by atoms with Gasteiger partial charge in [0, 0.05) is 12.1 Å². The number of esters is 1. The second-order valence-electron chi connectivity index (χ2n) is 6.10. The summed E-state index contributed by atoms with van der Waals surface area (Å²) >= 11 is 0. The largest absolute Gasteiger partial charge is 0.462 e. The number of ether oxygens (including phenoxy) is 1. The molecular weight excluding hydrogens is 314 g/mol. The second-order valence-corrected chi connectivity index (χ2v) is 6.10. The molecule has 132 valence electrons. The summed E-state index contributed by atoms with van der Waals surface area (Å²) < 4.78 is 5.11. The second kappa shape index (κ2) is 9.62. The molecule has 0 aliphatic rings. The van der Waals surface area contributed by atoms with Crippen LogP contribution in [0.5, 0.6) is 0 Å². The van der Waals surface area contributed by atoms with Gasteiger partial charge in [0.1, 0.15) is 0 Å². The molecule has 2 aromatic carbocycles. The van der Waals surface area contributed by atoms with E-state index in [2.05, 4.69) is 36.5 Å². The first kappa shape index (κ1) is 18.7. The lowest BCUT2D eigenvalue weighted by Crippen LogP contribution is -2.12. The molecular formula is C21H25NO3. The lowest BCUT2D eigenvalue weighted by atomic mass is 10.1. The summed E-state index contributed by atoms with van der Waals surface area (Å²) in [6.45, 7) is 4.40. The number of amides is 1. The van der Waals surface area contributed by atoms with Gasteiger partial charge in [-0.1, -0.05) is 42.8 Å². The number of anilines is 1. The van der Waals surface area contributed by atoms with Crippen molar-refractivity contribution in [3.05, 3.63) is 65.2 Å². The van der Waals surface area contributed by atoms with Gasteiger partial charge in [0.05, 0.1) is 12.2 Å². The van der Waals surface area contributed by atoms with E-state index >= 15 is 0 Å². The Morgan fingerprint density at radius 2 is 1.84 bits per heavy atom. The standard InChI is InChI=1S/C21H25NO3/c1-3-14-25-21(24)18-7-5-8-19(15-18)22-20(23)9-4-6-17-12-10-16(2)11-13-17/h5,7-8,10-13,15H,3-4,6,9,14H2,1-2H3,(H,22,23). The van der Waals surface area contributed by atoms with Gasteiger partial charge >= 0.3 is 5.97 Å². The quantitative estimate of drug-likeness (QED) is 0.719. The summed E-state index contributed by atoms with van der Waals surface area (Å²) in [4.78, 5) is 23.9. The number of benzene rings is 2. The predicted octanol–water partition coefficient (Wildman–Crippen LogP) is 4.52. The average molecular weight is 339 g/mol. The topological polar surface area (TPSA) is 55.4 Å². The molecule has 0 bridgehead atoms. The number of aryl methyl sites for hydroxylation is 2. The van der Waals surface area contributed by atoms with E-state index in [0.29, 0.717) is 24.3 Å². The molecule has 25 heavy (non-hydrogen) atoms. The number of hydrogen-bond acceptors (Lipinski definition) is 3. The molecule has 0 saturated heterocycles. The van der Waals surface area contributed by atoms with Crippen molar-refractivity contribution in [2.75, 3.05) is 11.9 Å². The molecule has 0 atom stereocenters. The Balaban J connectivity index is 1.81. The molecule has 4 heteroatoms. The third-order valence-corrected chi connectivity index (χ3v) is 3.81. The summed E-state index contributed by atoms with van der Waals surface area (Å²) in [5.41, 5.74) is 3.54. The maximum absolute atomic E-state index is 12.1. The molecule has 0 saturated carbocycles. The van der Waals surface area contributed by atoms with Crippen LogP contribution in [0.25, 0.3) is 0 Å². The summed E-state index contributed by atoms with van der Waals surface area (Å²) in [6, 6.07) is 15.2. The maximum atomic E-state index is 12.1. The molecule has 0 radical (unpaired) electrons. The number of carbonyl (C=O) groups excluding carboxylic acids is 2. The Bertz CT molecular complexity index is 707. The third-order valence-electron chi connectivity index (χ3n) is 3.81. The van der Waals surface area contributed by atoms with Crippen LogP contribution >= 0.6 is 0 Å². The minimum atomic E-state index is -0.364. The first-order chi connectivity index (χ1) is 12.1. The number of rotatable bonds is 8. The highest BCUT2D eigenvalue weighted by atomic mass is 16.5. The van der Waals surface area contributed by atoms with Crippen LogP contribution in [0.4, 0.5) is 5.69 Å². The highest BCUT2D eigenvalue weighted by molar-refractivity contribution is 5.94. The smallest absolute Gasteiger partial charge is 0.338 e. The lowest BCUT2D eigenvalue weighted by Gasteiger charge is -2.08. The maximum Gasteiger partial charge on any atom is 0.338 e. The van der Waals surface area contributed by atoms with Crippen LogP contribution in [0.15, 0.2) is 48.5 Å². The van der Waals surface area contributed by atoms with Crippen LogP contribution in [0.1, 0.15) is 47.7 Å². The van der Waals surface area contributed by atoms with E-state index in [-0.39, 0.29) is 11.9 Å². The minimum absolute atomic E-state index is 0.0498. The molecule has 1 N–H and O–H groups in total. The van der Waals surface area contributed by atoms with Gasteiger partial charge in [-0.2, -0.15) is 0 Å². The number of carbonyl (C=O) groups is 2. The Morgan fingerprint density at radius 3 is 2.56 bits per heavy atom. The van der Waals surface area contributed by atoms with E-state index in [4.69, 9.17) is 4.74 Å². The van der Waals surface area contributed by atoms with E-state index in [1.165, 1.54) is 11.1 Å². The van der Waals surface area contributed by atoms with Gasteiger partial charge in [-0.3, -0.25) is 4.79 Å². The Hall–Kier alpha value is -2.62. The molecule has 0 aliphatic carbocycles. The molecule has 0 spiro atoms. The van der Waals surface area contributed by atoms with Crippen molar-refractivity contribution < 1.29 is 14.3 Å². The van der Waals surface area contributed by atoms with Gasteiger partial charge in [-0.25, -0.2) is 4.79 Å². The lowest BCUT2D eigenvalue weighted by molar-refractivity contribution is -0.116. The van der Waals surface area contributed by atoms with E-state index < -0.39 is 0 Å². The molecule has 0 heterocycles. The monoisotopic (exact) mass is 339 g/mol. The van der Waals surface area contributed by atoms with Crippen molar-refractivity contribution in [2.45, 2.75) is 39.5 Å². The third kappa shape index (κ3) is 6.42. The van der Waals surface area contributed by atoms with E-state index in [1.54, 1.807) is 24.3 Å². The van der Waals surface area contributed by atoms with E-state index in [0.717, 1.165) is 19.3 Å². The highest BCUT2D eigenvalue weighted by Crippen LogP contribution is 2.13. The van der Waals surface area contributed by atoms with E-state index in [9.17, 15) is 9.59 Å². The van der Waals surface area contributed by atoms with Gasteiger partial charge in [-0.05, 0) is 49.9 Å². The highest BCUT2D eigenvalue weighted by Gasteiger charge is 2.09. The number of nitrogens with one attached hydrogen (secondary N) is 1. The fraction of sp³-hybridized carbons (Fsp3) is 0.333. The first-order valence-electron chi connectivity index (χ1n) is 8.71. The summed E-state index contributed by atoms with van der Waals surface area (Å²) in [5.74, 6) is -0.413. The number of hydrogen-bond donors (Lipinski definition) is 1. The minimum Gasteiger partial charge on any atom is -0.462 e. The van der Waals surface area contributed by atoms with Crippen LogP contribution in [0, 0.1) is 6.92 Å². The first-order valence-corrected chi connectivity index (χ1v) is 8.71.